The fourth-order valence-electron chi connectivity index (χ4n) is 2.76. The van der Waals surface area contributed by atoms with Crippen molar-refractivity contribution in [2.75, 3.05) is 6.61 Å². The molecule has 8 nitrogen and oxygen atoms in total. The molecule has 0 fully saturated rings. The summed E-state index contributed by atoms with van der Waals surface area (Å²) in [5, 5.41) is 10.6. The number of hydrogen-bond acceptors (Lipinski definition) is 6. The Kier molecular flexibility index (Phi) is 5.05. The minimum Gasteiger partial charge on any atom is -0.462 e. The second-order valence-electron chi connectivity index (χ2n) is 5.83. The quantitative estimate of drug-likeness (QED) is 0.533. The van der Waals surface area contributed by atoms with E-state index >= 15 is 0 Å². The molecule has 3 aromatic heterocycles. The fraction of sp³-hybridized carbons (Fsp3) is 0.263. The number of aromatic amines is 1. The van der Waals surface area contributed by atoms with Gasteiger partial charge in [0.1, 0.15) is 5.52 Å². The van der Waals surface area contributed by atoms with Crippen molar-refractivity contribution < 1.29 is 14.6 Å². The maximum Gasteiger partial charge on any atom is 0.340 e. The van der Waals surface area contributed by atoms with Crippen LogP contribution in [0.2, 0.25) is 0 Å². The molecule has 3 aromatic rings. The van der Waals surface area contributed by atoms with Crippen LogP contribution in [-0.2, 0) is 11.8 Å². The molecule has 1 atom stereocenters. The molecule has 27 heavy (non-hydrogen) atoms. The second kappa shape index (κ2) is 7.43. The first-order valence-corrected chi connectivity index (χ1v) is 8.29. The Balaban J connectivity index is 2.19. The monoisotopic (exact) mass is 366 g/mol. The SMILES string of the molecule is CCOC(=O)c1c(C)[nH]c2c(=O)n(C)cc(C#C[C@H](O)c3ncccn3)c12. The summed E-state index contributed by atoms with van der Waals surface area (Å²) < 4.78 is 6.47. The van der Waals surface area contributed by atoms with Gasteiger partial charge in [0, 0.05) is 36.7 Å². The topological polar surface area (TPSA) is 110 Å². The fourth-order valence-corrected chi connectivity index (χ4v) is 2.76. The Morgan fingerprint density at radius 3 is 2.78 bits per heavy atom. The lowest BCUT2D eigenvalue weighted by atomic mass is 10.1. The van der Waals surface area contributed by atoms with Crippen LogP contribution in [0.4, 0.5) is 0 Å². The van der Waals surface area contributed by atoms with Gasteiger partial charge in [-0.05, 0) is 19.9 Å². The van der Waals surface area contributed by atoms with E-state index in [2.05, 4.69) is 26.8 Å². The highest BCUT2D eigenvalue weighted by Crippen LogP contribution is 2.24. The number of aryl methyl sites for hydroxylation is 2. The third-order valence-electron chi connectivity index (χ3n) is 3.97. The third-order valence-corrected chi connectivity index (χ3v) is 3.97. The van der Waals surface area contributed by atoms with Crippen LogP contribution in [0.5, 0.6) is 0 Å². The number of aliphatic hydroxyl groups excluding tert-OH is 1. The van der Waals surface area contributed by atoms with Crippen LogP contribution in [0.25, 0.3) is 10.9 Å². The van der Waals surface area contributed by atoms with E-state index in [0.29, 0.717) is 16.6 Å². The largest absolute Gasteiger partial charge is 0.462 e. The number of carbonyl (C=O) groups excluding carboxylic acids is 1. The highest BCUT2D eigenvalue weighted by atomic mass is 16.5. The van der Waals surface area contributed by atoms with Gasteiger partial charge in [-0.3, -0.25) is 4.79 Å². The molecule has 0 radical (unpaired) electrons. The minimum atomic E-state index is -1.20. The number of ether oxygens (including phenoxy) is 1. The van der Waals surface area contributed by atoms with Crippen molar-refractivity contribution >= 4 is 16.9 Å². The van der Waals surface area contributed by atoms with Crippen LogP contribution < -0.4 is 5.56 Å². The number of H-pyrrole nitrogens is 1. The Hall–Kier alpha value is -3.44. The molecule has 2 N–H and O–H groups in total. The predicted octanol–water partition coefficient (Wildman–Crippen LogP) is 1.23. The van der Waals surface area contributed by atoms with Gasteiger partial charge in [-0.15, -0.1) is 0 Å². The van der Waals surface area contributed by atoms with Crippen molar-refractivity contribution in [3.63, 3.8) is 0 Å². The molecule has 0 saturated carbocycles. The summed E-state index contributed by atoms with van der Waals surface area (Å²) >= 11 is 0. The van der Waals surface area contributed by atoms with Crippen molar-refractivity contribution in [3.05, 3.63) is 57.7 Å². The van der Waals surface area contributed by atoms with Crippen LogP contribution in [0.3, 0.4) is 0 Å². The number of pyridine rings is 1. The molecule has 0 aliphatic carbocycles. The Morgan fingerprint density at radius 1 is 1.41 bits per heavy atom. The molecule has 3 heterocycles. The van der Waals surface area contributed by atoms with Gasteiger partial charge in [-0.1, -0.05) is 11.8 Å². The Labute approximate surface area is 154 Å². The average Bonchev–Trinajstić information content (AvgIpc) is 3.01. The van der Waals surface area contributed by atoms with Gasteiger partial charge in [0.15, 0.2) is 11.9 Å². The Bertz CT molecular complexity index is 1120. The molecule has 0 aromatic carbocycles. The number of hydrogen-bond donors (Lipinski definition) is 2. The zero-order chi connectivity index (χ0) is 19.6. The summed E-state index contributed by atoms with van der Waals surface area (Å²) in [7, 11) is 1.59. The lowest BCUT2D eigenvalue weighted by Gasteiger charge is -2.05. The molecular formula is C19H18N4O4. The highest BCUT2D eigenvalue weighted by molar-refractivity contribution is 6.07. The maximum atomic E-state index is 12.4. The van der Waals surface area contributed by atoms with Crippen molar-refractivity contribution in [3.8, 4) is 11.8 Å². The summed E-state index contributed by atoms with van der Waals surface area (Å²) in [4.78, 5) is 35.7. The summed E-state index contributed by atoms with van der Waals surface area (Å²) in [6, 6.07) is 1.63. The van der Waals surface area contributed by atoms with Crippen molar-refractivity contribution in [2.45, 2.75) is 20.0 Å². The minimum absolute atomic E-state index is 0.168. The van der Waals surface area contributed by atoms with Gasteiger partial charge in [0.05, 0.1) is 17.7 Å². The molecule has 0 saturated heterocycles. The summed E-state index contributed by atoms with van der Waals surface area (Å²) in [6.45, 7) is 3.61. The molecule has 0 bridgehead atoms. The van der Waals surface area contributed by atoms with E-state index in [1.54, 1.807) is 27.0 Å². The highest BCUT2D eigenvalue weighted by Gasteiger charge is 2.22. The van der Waals surface area contributed by atoms with Gasteiger partial charge >= 0.3 is 5.97 Å². The molecule has 138 valence electrons. The van der Waals surface area contributed by atoms with E-state index in [4.69, 9.17) is 4.74 Å². The number of nitrogens with one attached hydrogen (secondary N) is 1. The first kappa shape index (κ1) is 18.4. The molecule has 0 aliphatic heterocycles. The van der Waals surface area contributed by atoms with Gasteiger partial charge in [0.25, 0.3) is 5.56 Å². The molecular weight excluding hydrogens is 348 g/mol. The first-order chi connectivity index (χ1) is 12.9. The second-order valence-corrected chi connectivity index (χ2v) is 5.83. The summed E-state index contributed by atoms with van der Waals surface area (Å²) in [5.41, 5.74) is 1.16. The number of carbonyl (C=O) groups is 1. The number of fused-ring (bicyclic) bond motifs is 1. The molecule has 8 heteroatoms. The number of nitrogens with zero attached hydrogens (tertiary/aromatic N) is 3. The molecule has 0 aliphatic rings. The van der Waals surface area contributed by atoms with Crippen LogP contribution in [0, 0.1) is 18.8 Å². The molecule has 0 spiro atoms. The van der Waals surface area contributed by atoms with Gasteiger partial charge in [-0.2, -0.15) is 0 Å². The van der Waals surface area contributed by atoms with Crippen LogP contribution in [0.15, 0.2) is 29.5 Å². The van der Waals surface area contributed by atoms with E-state index in [9.17, 15) is 14.7 Å². The molecule has 0 unspecified atom stereocenters. The standard InChI is InChI=1S/C19H18N4O4/c1-4-27-19(26)14-11(2)22-16-15(14)12(10-23(3)18(16)25)6-7-13(24)17-20-8-5-9-21-17/h5,8-10,13,22,24H,4H2,1-3H3/t13-/m0/s1. The van der Waals surface area contributed by atoms with Crippen LogP contribution in [-0.4, -0.2) is 37.2 Å². The zero-order valence-corrected chi connectivity index (χ0v) is 15.1. The first-order valence-electron chi connectivity index (χ1n) is 8.29. The summed E-state index contributed by atoms with van der Waals surface area (Å²) in [5.74, 6) is 5.13. The van der Waals surface area contributed by atoms with E-state index in [0.717, 1.165) is 0 Å². The van der Waals surface area contributed by atoms with Crippen molar-refractivity contribution in [2.24, 2.45) is 7.05 Å². The number of aromatic nitrogens is 4. The van der Waals surface area contributed by atoms with Crippen LogP contribution in [0.1, 0.15) is 40.5 Å². The lowest BCUT2D eigenvalue weighted by Crippen LogP contribution is -2.17. The van der Waals surface area contributed by atoms with E-state index in [1.807, 2.05) is 0 Å². The Morgan fingerprint density at radius 2 is 2.11 bits per heavy atom. The molecule has 3 rings (SSSR count). The average molecular weight is 366 g/mol. The van der Waals surface area contributed by atoms with Crippen molar-refractivity contribution in [1.82, 2.24) is 19.5 Å². The third kappa shape index (κ3) is 3.45. The number of aliphatic hydroxyl groups is 1. The zero-order valence-electron chi connectivity index (χ0n) is 15.1. The number of esters is 1. The van der Waals surface area contributed by atoms with Gasteiger partial charge < -0.3 is 19.4 Å². The number of rotatable bonds is 3. The van der Waals surface area contributed by atoms with E-state index < -0.39 is 12.1 Å². The maximum absolute atomic E-state index is 12.4. The molecule has 0 amide bonds. The van der Waals surface area contributed by atoms with E-state index in [-0.39, 0.29) is 29.1 Å². The predicted molar refractivity (Wildman–Crippen MR) is 98.1 cm³/mol. The van der Waals surface area contributed by atoms with Gasteiger partial charge in [-0.25, -0.2) is 14.8 Å². The smallest absolute Gasteiger partial charge is 0.340 e. The summed E-state index contributed by atoms with van der Waals surface area (Å²) in [6.07, 6.45) is 3.33. The van der Waals surface area contributed by atoms with E-state index in [1.165, 1.54) is 23.2 Å². The lowest BCUT2D eigenvalue weighted by molar-refractivity contribution is 0.0528. The van der Waals surface area contributed by atoms with Crippen molar-refractivity contribution in [1.29, 1.82) is 0 Å². The van der Waals surface area contributed by atoms with Gasteiger partial charge in [0.2, 0.25) is 0 Å². The van der Waals surface area contributed by atoms with Crippen LogP contribution >= 0.6 is 0 Å². The normalized spacial score (nSPS) is 11.7.